The molecule has 3 heteroatoms. The fourth-order valence-corrected chi connectivity index (χ4v) is 1.33. The summed E-state index contributed by atoms with van der Waals surface area (Å²) in [6, 6.07) is 0.502. The highest BCUT2D eigenvalue weighted by molar-refractivity contribution is 7.98. The third-order valence-corrected chi connectivity index (χ3v) is 2.48. The molecule has 0 saturated heterocycles. The number of ether oxygens (including phenoxy) is 1. The molecule has 0 saturated carbocycles. The van der Waals surface area contributed by atoms with Crippen LogP contribution < -0.4 is 5.32 Å². The van der Waals surface area contributed by atoms with Crippen molar-refractivity contribution < 1.29 is 4.74 Å². The van der Waals surface area contributed by atoms with Crippen LogP contribution in [0.25, 0.3) is 0 Å². The minimum absolute atomic E-state index is 0.502. The van der Waals surface area contributed by atoms with Gasteiger partial charge < -0.3 is 10.1 Å². The van der Waals surface area contributed by atoms with Crippen LogP contribution in [0.2, 0.25) is 0 Å². The molecule has 0 aliphatic heterocycles. The van der Waals surface area contributed by atoms with E-state index in [-0.39, 0.29) is 0 Å². The Bertz CT molecular complexity index is 98.5. The van der Waals surface area contributed by atoms with Crippen LogP contribution in [0.1, 0.15) is 13.8 Å². The molecule has 0 rings (SSSR count). The van der Waals surface area contributed by atoms with E-state index in [0.29, 0.717) is 12.0 Å². The lowest BCUT2D eigenvalue weighted by atomic mass is 10.1. The van der Waals surface area contributed by atoms with Crippen LogP contribution in [0.3, 0.4) is 0 Å². The Morgan fingerprint density at radius 1 is 1.42 bits per heavy atom. The average molecular weight is 191 g/mol. The largest absolute Gasteiger partial charge is 0.383 e. The van der Waals surface area contributed by atoms with Crippen molar-refractivity contribution in [3.05, 3.63) is 0 Å². The first kappa shape index (κ1) is 12.3. The van der Waals surface area contributed by atoms with Crippen molar-refractivity contribution in [2.45, 2.75) is 19.9 Å². The van der Waals surface area contributed by atoms with Crippen molar-refractivity contribution in [2.75, 3.05) is 32.3 Å². The monoisotopic (exact) mass is 191 g/mol. The van der Waals surface area contributed by atoms with Crippen LogP contribution >= 0.6 is 11.8 Å². The Morgan fingerprint density at radius 2 is 2.08 bits per heavy atom. The lowest BCUT2D eigenvalue weighted by molar-refractivity contribution is 0.148. The molecule has 0 aromatic carbocycles. The van der Waals surface area contributed by atoms with Crippen molar-refractivity contribution in [3.8, 4) is 0 Å². The van der Waals surface area contributed by atoms with E-state index in [9.17, 15) is 0 Å². The van der Waals surface area contributed by atoms with Crippen LogP contribution in [0.5, 0.6) is 0 Å². The summed E-state index contributed by atoms with van der Waals surface area (Å²) in [6.07, 6.45) is 2.13. The van der Waals surface area contributed by atoms with Crippen molar-refractivity contribution in [3.63, 3.8) is 0 Å². The predicted octanol–water partition coefficient (Wildman–Crippen LogP) is 1.61. The molecule has 1 unspecified atom stereocenters. The van der Waals surface area contributed by atoms with Gasteiger partial charge in [0.25, 0.3) is 0 Å². The van der Waals surface area contributed by atoms with Gasteiger partial charge in [-0.25, -0.2) is 0 Å². The van der Waals surface area contributed by atoms with E-state index in [4.69, 9.17) is 4.74 Å². The van der Waals surface area contributed by atoms with E-state index < -0.39 is 0 Å². The van der Waals surface area contributed by atoms with Crippen molar-refractivity contribution >= 4 is 11.8 Å². The molecule has 0 aromatic heterocycles. The normalized spacial score (nSPS) is 13.8. The Kier molecular flexibility index (Phi) is 8.07. The summed E-state index contributed by atoms with van der Waals surface area (Å²) in [7, 11) is 1.76. The van der Waals surface area contributed by atoms with Gasteiger partial charge in [-0.2, -0.15) is 11.8 Å². The molecule has 0 aliphatic rings. The highest BCUT2D eigenvalue weighted by Crippen LogP contribution is 2.01. The fourth-order valence-electron chi connectivity index (χ4n) is 1.01. The topological polar surface area (TPSA) is 21.3 Å². The van der Waals surface area contributed by atoms with Gasteiger partial charge in [-0.05, 0) is 12.2 Å². The second-order valence-electron chi connectivity index (χ2n) is 3.25. The van der Waals surface area contributed by atoms with Gasteiger partial charge in [0.1, 0.15) is 0 Å². The van der Waals surface area contributed by atoms with Gasteiger partial charge >= 0.3 is 0 Å². The first-order chi connectivity index (χ1) is 5.72. The highest BCUT2D eigenvalue weighted by atomic mass is 32.2. The molecule has 12 heavy (non-hydrogen) atoms. The number of hydrogen-bond acceptors (Lipinski definition) is 3. The van der Waals surface area contributed by atoms with Crippen LogP contribution in [-0.4, -0.2) is 38.3 Å². The standard InChI is InChI=1S/C9H21NOS/c1-8(2)9(7-11-3)10-5-6-12-4/h8-10H,5-7H2,1-4H3. The molecule has 0 aromatic rings. The summed E-state index contributed by atoms with van der Waals surface area (Å²) >= 11 is 1.87. The van der Waals surface area contributed by atoms with E-state index in [0.717, 1.165) is 13.2 Å². The summed E-state index contributed by atoms with van der Waals surface area (Å²) in [4.78, 5) is 0. The predicted molar refractivity (Wildman–Crippen MR) is 56.9 cm³/mol. The molecule has 1 N–H and O–H groups in total. The van der Waals surface area contributed by atoms with Crippen molar-refractivity contribution in [1.82, 2.24) is 5.32 Å². The minimum Gasteiger partial charge on any atom is -0.383 e. The molecule has 2 nitrogen and oxygen atoms in total. The molecule has 0 bridgehead atoms. The fraction of sp³-hybridized carbons (Fsp3) is 1.00. The Labute approximate surface area is 80.4 Å². The Morgan fingerprint density at radius 3 is 2.50 bits per heavy atom. The summed E-state index contributed by atoms with van der Waals surface area (Å²) in [5, 5.41) is 3.48. The third-order valence-electron chi connectivity index (χ3n) is 1.86. The second kappa shape index (κ2) is 7.90. The number of thioether (sulfide) groups is 1. The highest BCUT2D eigenvalue weighted by Gasteiger charge is 2.10. The van der Waals surface area contributed by atoms with E-state index in [1.54, 1.807) is 7.11 Å². The van der Waals surface area contributed by atoms with E-state index in [1.165, 1.54) is 5.75 Å². The molecule has 0 amide bonds. The number of hydrogen-bond donors (Lipinski definition) is 1. The maximum Gasteiger partial charge on any atom is 0.0618 e. The quantitative estimate of drug-likeness (QED) is 0.618. The summed E-state index contributed by atoms with van der Waals surface area (Å²) in [6.45, 7) is 6.32. The first-order valence-electron chi connectivity index (χ1n) is 4.43. The van der Waals surface area contributed by atoms with Gasteiger partial charge in [0.15, 0.2) is 0 Å². The van der Waals surface area contributed by atoms with Crippen LogP contribution in [-0.2, 0) is 4.74 Å². The van der Waals surface area contributed by atoms with Crippen molar-refractivity contribution in [2.24, 2.45) is 5.92 Å². The zero-order chi connectivity index (χ0) is 9.40. The van der Waals surface area contributed by atoms with Gasteiger partial charge in [-0.1, -0.05) is 13.8 Å². The molecular formula is C9H21NOS. The molecule has 0 aliphatic carbocycles. The van der Waals surface area contributed by atoms with Gasteiger partial charge in [-0.3, -0.25) is 0 Å². The third kappa shape index (κ3) is 5.86. The van der Waals surface area contributed by atoms with Crippen LogP contribution in [0.4, 0.5) is 0 Å². The summed E-state index contributed by atoms with van der Waals surface area (Å²) in [5.41, 5.74) is 0. The molecule has 0 radical (unpaired) electrons. The molecule has 0 fully saturated rings. The maximum atomic E-state index is 5.13. The zero-order valence-electron chi connectivity index (χ0n) is 8.59. The number of rotatable bonds is 7. The van der Waals surface area contributed by atoms with Gasteiger partial charge in [-0.15, -0.1) is 0 Å². The molecule has 74 valence electrons. The molecule has 0 heterocycles. The van der Waals surface area contributed by atoms with Gasteiger partial charge in [0.2, 0.25) is 0 Å². The number of nitrogens with one attached hydrogen (secondary N) is 1. The molecule has 0 spiro atoms. The number of methoxy groups -OCH3 is 1. The smallest absolute Gasteiger partial charge is 0.0618 e. The zero-order valence-corrected chi connectivity index (χ0v) is 9.41. The molecular weight excluding hydrogens is 170 g/mol. The van der Waals surface area contributed by atoms with E-state index in [2.05, 4.69) is 25.4 Å². The Balaban J connectivity index is 3.49. The summed E-state index contributed by atoms with van der Waals surface area (Å²) in [5.74, 6) is 1.82. The minimum atomic E-state index is 0.502. The lowest BCUT2D eigenvalue weighted by Gasteiger charge is -2.21. The van der Waals surface area contributed by atoms with E-state index >= 15 is 0 Å². The molecule has 1 atom stereocenters. The first-order valence-corrected chi connectivity index (χ1v) is 5.83. The van der Waals surface area contributed by atoms with Gasteiger partial charge in [0.05, 0.1) is 6.61 Å². The SMILES string of the molecule is COCC(NCCSC)C(C)C. The van der Waals surface area contributed by atoms with Crippen molar-refractivity contribution in [1.29, 1.82) is 0 Å². The van der Waals surface area contributed by atoms with Gasteiger partial charge in [0, 0.05) is 25.4 Å². The average Bonchev–Trinajstić information content (AvgIpc) is 2.03. The van der Waals surface area contributed by atoms with E-state index in [1.807, 2.05) is 11.8 Å². The second-order valence-corrected chi connectivity index (χ2v) is 4.24. The maximum absolute atomic E-state index is 5.13. The van der Waals surface area contributed by atoms with Crippen LogP contribution in [0.15, 0.2) is 0 Å². The van der Waals surface area contributed by atoms with Crippen LogP contribution in [0, 0.1) is 5.92 Å². The Hall–Kier alpha value is 0.270. The summed E-state index contributed by atoms with van der Waals surface area (Å²) < 4.78 is 5.13. The lowest BCUT2D eigenvalue weighted by Crippen LogP contribution is -2.38.